The molecule has 19 heavy (non-hydrogen) atoms. The minimum Gasteiger partial charge on any atom is -0.312 e. The van der Waals surface area contributed by atoms with Crippen LogP contribution in [0.3, 0.4) is 0 Å². The molecule has 1 saturated carbocycles. The number of hydrogen-bond acceptors (Lipinski definition) is 3. The maximum atomic E-state index is 3.77. The largest absolute Gasteiger partial charge is 0.312 e. The summed E-state index contributed by atoms with van der Waals surface area (Å²) < 4.78 is 0. The van der Waals surface area contributed by atoms with Crippen molar-refractivity contribution >= 4 is 0 Å². The van der Waals surface area contributed by atoms with Crippen LogP contribution in [0.25, 0.3) is 0 Å². The number of piperazine rings is 1. The van der Waals surface area contributed by atoms with Gasteiger partial charge in [0.15, 0.2) is 0 Å². The van der Waals surface area contributed by atoms with E-state index in [0.717, 1.165) is 18.0 Å². The number of hydrogen-bond donors (Lipinski definition) is 1. The van der Waals surface area contributed by atoms with Crippen molar-refractivity contribution < 1.29 is 0 Å². The van der Waals surface area contributed by atoms with Gasteiger partial charge in [-0.1, -0.05) is 27.2 Å². The summed E-state index contributed by atoms with van der Waals surface area (Å²) in [5.74, 6) is 0.803. The molecule has 1 heterocycles. The molecule has 1 aliphatic carbocycles. The SMILES string of the molecule is CCCNC1CCCC1N1CCN(CC(C)C)CC1. The van der Waals surface area contributed by atoms with Crippen molar-refractivity contribution in [3.63, 3.8) is 0 Å². The van der Waals surface area contributed by atoms with Crippen LogP contribution in [0.2, 0.25) is 0 Å². The van der Waals surface area contributed by atoms with Crippen LogP contribution >= 0.6 is 0 Å². The summed E-state index contributed by atoms with van der Waals surface area (Å²) in [6.45, 7) is 14.5. The highest BCUT2D eigenvalue weighted by molar-refractivity contribution is 4.92. The fourth-order valence-corrected chi connectivity index (χ4v) is 3.74. The average molecular weight is 267 g/mol. The molecule has 0 aromatic heterocycles. The molecule has 112 valence electrons. The summed E-state index contributed by atoms with van der Waals surface area (Å²) in [5, 5.41) is 3.77. The Morgan fingerprint density at radius 1 is 1.11 bits per heavy atom. The van der Waals surface area contributed by atoms with E-state index in [0.29, 0.717) is 0 Å². The smallest absolute Gasteiger partial charge is 0.0250 e. The van der Waals surface area contributed by atoms with Gasteiger partial charge >= 0.3 is 0 Å². The van der Waals surface area contributed by atoms with Crippen LogP contribution in [0.15, 0.2) is 0 Å². The molecule has 2 aliphatic rings. The summed E-state index contributed by atoms with van der Waals surface area (Å²) >= 11 is 0. The lowest BCUT2D eigenvalue weighted by Crippen LogP contribution is -2.55. The first kappa shape index (κ1) is 15.3. The van der Waals surface area contributed by atoms with Crippen LogP contribution in [-0.2, 0) is 0 Å². The Kier molecular flexibility index (Phi) is 6.11. The molecule has 1 N–H and O–H groups in total. The molecule has 3 heteroatoms. The van der Waals surface area contributed by atoms with Gasteiger partial charge in [-0.15, -0.1) is 0 Å². The molecule has 0 aromatic carbocycles. The summed E-state index contributed by atoms with van der Waals surface area (Å²) in [5.41, 5.74) is 0. The van der Waals surface area contributed by atoms with E-state index in [4.69, 9.17) is 0 Å². The lowest BCUT2D eigenvalue weighted by molar-refractivity contribution is 0.0806. The highest BCUT2D eigenvalue weighted by atomic mass is 15.3. The van der Waals surface area contributed by atoms with Gasteiger partial charge in [0.2, 0.25) is 0 Å². The van der Waals surface area contributed by atoms with Crippen LogP contribution in [0, 0.1) is 5.92 Å². The first-order chi connectivity index (χ1) is 9.20. The highest BCUT2D eigenvalue weighted by Gasteiger charge is 2.33. The Morgan fingerprint density at radius 2 is 1.84 bits per heavy atom. The van der Waals surface area contributed by atoms with Gasteiger partial charge in [-0.05, 0) is 31.7 Å². The first-order valence-electron chi connectivity index (χ1n) is 8.40. The maximum Gasteiger partial charge on any atom is 0.0250 e. The summed E-state index contributed by atoms with van der Waals surface area (Å²) in [7, 11) is 0. The van der Waals surface area contributed by atoms with E-state index in [1.54, 1.807) is 0 Å². The molecule has 2 fully saturated rings. The van der Waals surface area contributed by atoms with Crippen molar-refractivity contribution in [1.29, 1.82) is 0 Å². The topological polar surface area (TPSA) is 18.5 Å². The van der Waals surface area contributed by atoms with Crippen molar-refractivity contribution in [3.05, 3.63) is 0 Å². The van der Waals surface area contributed by atoms with E-state index in [2.05, 4.69) is 35.9 Å². The fraction of sp³-hybridized carbons (Fsp3) is 1.00. The van der Waals surface area contributed by atoms with Crippen molar-refractivity contribution in [2.75, 3.05) is 39.3 Å². The molecule has 0 amide bonds. The van der Waals surface area contributed by atoms with E-state index in [9.17, 15) is 0 Å². The Hall–Kier alpha value is -0.120. The Morgan fingerprint density at radius 3 is 2.47 bits per heavy atom. The molecular weight excluding hydrogens is 234 g/mol. The molecule has 3 nitrogen and oxygen atoms in total. The molecule has 0 bridgehead atoms. The number of nitrogens with one attached hydrogen (secondary N) is 1. The third kappa shape index (κ3) is 4.44. The Balaban J connectivity index is 1.76. The third-order valence-electron chi connectivity index (χ3n) is 4.64. The van der Waals surface area contributed by atoms with Crippen LogP contribution in [0.1, 0.15) is 46.5 Å². The van der Waals surface area contributed by atoms with E-state index in [-0.39, 0.29) is 0 Å². The molecule has 1 saturated heterocycles. The van der Waals surface area contributed by atoms with Gasteiger partial charge in [-0.3, -0.25) is 4.90 Å². The van der Waals surface area contributed by atoms with Crippen LogP contribution in [0.4, 0.5) is 0 Å². The van der Waals surface area contributed by atoms with Gasteiger partial charge in [-0.2, -0.15) is 0 Å². The van der Waals surface area contributed by atoms with Crippen molar-refractivity contribution in [1.82, 2.24) is 15.1 Å². The van der Waals surface area contributed by atoms with Crippen LogP contribution in [-0.4, -0.2) is 61.2 Å². The van der Waals surface area contributed by atoms with Gasteiger partial charge in [0.05, 0.1) is 0 Å². The van der Waals surface area contributed by atoms with Gasteiger partial charge in [0.25, 0.3) is 0 Å². The molecular formula is C16H33N3. The third-order valence-corrected chi connectivity index (χ3v) is 4.64. The molecule has 2 unspecified atom stereocenters. The normalized spacial score (nSPS) is 30.3. The predicted molar refractivity (Wildman–Crippen MR) is 82.6 cm³/mol. The molecule has 2 atom stereocenters. The van der Waals surface area contributed by atoms with Crippen molar-refractivity contribution in [2.45, 2.75) is 58.5 Å². The zero-order valence-corrected chi connectivity index (χ0v) is 13.2. The zero-order valence-electron chi connectivity index (χ0n) is 13.2. The summed E-state index contributed by atoms with van der Waals surface area (Å²) in [6, 6.07) is 1.57. The lowest BCUT2D eigenvalue weighted by atomic mass is 10.1. The van der Waals surface area contributed by atoms with E-state index in [1.807, 2.05) is 0 Å². The summed E-state index contributed by atoms with van der Waals surface area (Å²) in [4.78, 5) is 5.40. The van der Waals surface area contributed by atoms with E-state index < -0.39 is 0 Å². The maximum absolute atomic E-state index is 3.77. The Labute approximate surface area is 119 Å². The average Bonchev–Trinajstić information content (AvgIpc) is 2.85. The minimum atomic E-state index is 0.761. The second-order valence-corrected chi connectivity index (χ2v) is 6.79. The number of rotatable bonds is 6. The van der Waals surface area contributed by atoms with Crippen molar-refractivity contribution in [2.24, 2.45) is 5.92 Å². The number of nitrogens with zero attached hydrogens (tertiary/aromatic N) is 2. The molecule has 0 radical (unpaired) electrons. The van der Waals surface area contributed by atoms with E-state index >= 15 is 0 Å². The van der Waals surface area contributed by atoms with Crippen LogP contribution in [0.5, 0.6) is 0 Å². The first-order valence-corrected chi connectivity index (χ1v) is 8.40. The second kappa shape index (κ2) is 7.61. The zero-order chi connectivity index (χ0) is 13.7. The second-order valence-electron chi connectivity index (χ2n) is 6.79. The van der Waals surface area contributed by atoms with E-state index in [1.165, 1.54) is 65.0 Å². The van der Waals surface area contributed by atoms with Gasteiger partial charge in [0, 0.05) is 44.8 Å². The lowest BCUT2D eigenvalue weighted by Gasteiger charge is -2.40. The van der Waals surface area contributed by atoms with Gasteiger partial charge in [0.1, 0.15) is 0 Å². The molecule has 0 aromatic rings. The quantitative estimate of drug-likeness (QED) is 0.796. The van der Waals surface area contributed by atoms with Gasteiger partial charge < -0.3 is 10.2 Å². The Bertz CT molecular complexity index is 246. The standard InChI is InChI=1S/C16H33N3/c1-4-8-17-15-6-5-7-16(15)19-11-9-18(10-12-19)13-14(2)3/h14-17H,4-13H2,1-3H3. The minimum absolute atomic E-state index is 0.761. The predicted octanol–water partition coefficient (Wildman–Crippen LogP) is 2.18. The molecule has 1 aliphatic heterocycles. The monoisotopic (exact) mass is 267 g/mol. The van der Waals surface area contributed by atoms with Gasteiger partial charge in [-0.25, -0.2) is 0 Å². The highest BCUT2D eigenvalue weighted by Crippen LogP contribution is 2.25. The van der Waals surface area contributed by atoms with Crippen molar-refractivity contribution in [3.8, 4) is 0 Å². The molecule has 2 rings (SSSR count). The molecule has 0 spiro atoms. The van der Waals surface area contributed by atoms with Crippen LogP contribution < -0.4 is 5.32 Å². The summed E-state index contributed by atoms with van der Waals surface area (Å²) in [6.07, 6.45) is 5.46. The fourth-order valence-electron chi connectivity index (χ4n) is 3.74.